The molecule has 2 aliphatic rings. The van der Waals surface area contributed by atoms with Crippen LogP contribution >= 0.6 is 0 Å². The molecule has 7 heteroatoms. The van der Waals surface area contributed by atoms with Crippen LogP contribution in [0.4, 0.5) is 0 Å². The summed E-state index contributed by atoms with van der Waals surface area (Å²) in [5, 5.41) is 3.02. The molecule has 0 atom stereocenters. The molecule has 1 N–H and O–H groups in total. The van der Waals surface area contributed by atoms with Crippen molar-refractivity contribution in [2.45, 2.75) is 72.1 Å². The number of ether oxygens (including phenoxy) is 1. The van der Waals surface area contributed by atoms with Gasteiger partial charge in [-0.25, -0.2) is 0 Å². The number of amides is 1. The van der Waals surface area contributed by atoms with Crippen molar-refractivity contribution in [1.82, 2.24) is 14.7 Å². The van der Waals surface area contributed by atoms with Gasteiger partial charge >= 0.3 is 7.55 Å². The third-order valence-corrected chi connectivity index (χ3v) is 7.77. The number of aromatic nitrogens is 1. The molecule has 1 aromatic heterocycles. The zero-order valence-electron chi connectivity index (χ0n) is 26.7. The minimum Gasteiger partial charge on any atom is -0.496 e. The fourth-order valence-electron chi connectivity index (χ4n) is 5.28. The monoisotopic (exact) mass is 554 g/mol. The Hall–Kier alpha value is -3.32. The maximum absolute atomic E-state index is 12.4. The highest BCUT2D eigenvalue weighted by molar-refractivity contribution is 6.29. The number of nitrogens with zero attached hydrogens (tertiary/aromatic N) is 3. The first kappa shape index (κ1) is 30.6. The van der Waals surface area contributed by atoms with E-state index in [1.54, 1.807) is 7.11 Å². The first-order valence-electron chi connectivity index (χ1n) is 14.6. The number of hydrogen-bond acceptors (Lipinski definition) is 3. The Morgan fingerprint density at radius 2 is 1.80 bits per heavy atom. The van der Waals surface area contributed by atoms with E-state index in [0.29, 0.717) is 19.4 Å². The van der Waals surface area contributed by atoms with Gasteiger partial charge in [0.1, 0.15) is 5.75 Å². The van der Waals surface area contributed by atoms with Gasteiger partial charge in [-0.3, -0.25) is 9.28 Å². The first-order valence-corrected chi connectivity index (χ1v) is 14.6. The largest absolute Gasteiger partial charge is 0.700 e. The van der Waals surface area contributed by atoms with Gasteiger partial charge in [0.25, 0.3) is 0 Å². The van der Waals surface area contributed by atoms with E-state index in [2.05, 4.69) is 124 Å². The average molecular weight is 555 g/mol. The fourth-order valence-corrected chi connectivity index (χ4v) is 5.28. The third-order valence-electron chi connectivity index (χ3n) is 7.77. The molecular formula is C34H47BN4O2+. The molecule has 217 valence electrons. The number of fused-ring (bicyclic) bond motifs is 2. The number of aryl methyl sites for hydroxylation is 1. The van der Waals surface area contributed by atoms with Crippen LogP contribution in [0.3, 0.4) is 0 Å². The summed E-state index contributed by atoms with van der Waals surface area (Å²) in [6, 6.07) is 8.83. The van der Waals surface area contributed by atoms with Crippen LogP contribution in [-0.2, 0) is 22.0 Å². The zero-order valence-corrected chi connectivity index (χ0v) is 26.7. The van der Waals surface area contributed by atoms with Crippen LogP contribution in [0.1, 0.15) is 83.0 Å². The van der Waals surface area contributed by atoms with E-state index < -0.39 is 0 Å². The number of benzene rings is 1. The van der Waals surface area contributed by atoms with E-state index in [9.17, 15) is 4.79 Å². The lowest BCUT2D eigenvalue weighted by Crippen LogP contribution is -2.32. The van der Waals surface area contributed by atoms with E-state index in [1.807, 2.05) is 14.1 Å². The molecular weight excluding hydrogens is 507 g/mol. The number of carbonyl (C=O) groups excluding carboxylic acids is 1. The summed E-state index contributed by atoms with van der Waals surface area (Å²) in [6.07, 6.45) is 9.98. The van der Waals surface area contributed by atoms with E-state index >= 15 is 0 Å². The lowest BCUT2D eigenvalue weighted by molar-refractivity contribution is -0.313. The molecule has 0 saturated heterocycles. The van der Waals surface area contributed by atoms with Gasteiger partial charge in [0.05, 0.1) is 7.11 Å². The third kappa shape index (κ3) is 6.95. The Balaban J connectivity index is 1.62. The molecule has 0 aliphatic carbocycles. The van der Waals surface area contributed by atoms with Crippen molar-refractivity contribution in [2.75, 3.05) is 34.3 Å². The summed E-state index contributed by atoms with van der Waals surface area (Å²) in [4.78, 5) is 14.5. The van der Waals surface area contributed by atoms with Crippen LogP contribution in [0.25, 0.3) is 12.2 Å². The van der Waals surface area contributed by atoms with Gasteiger partial charge in [0, 0.05) is 65.8 Å². The van der Waals surface area contributed by atoms with Crippen molar-refractivity contribution < 1.29 is 14.0 Å². The number of nitrogens with one attached hydrogen (secondary N) is 1. The number of hydrogen-bond donors (Lipinski definition) is 1. The number of likely N-dealkylation sites (N-methyl/N-ethyl adjacent to an activating group) is 1. The van der Waals surface area contributed by atoms with Gasteiger partial charge in [-0.2, -0.15) is 0 Å². The maximum Gasteiger partial charge on any atom is 0.700 e. The van der Waals surface area contributed by atoms with Crippen molar-refractivity contribution >= 4 is 31.3 Å². The van der Waals surface area contributed by atoms with E-state index in [0.717, 1.165) is 35.0 Å². The lowest BCUT2D eigenvalue weighted by atomic mass is 9.79. The van der Waals surface area contributed by atoms with Gasteiger partial charge in [0.2, 0.25) is 5.91 Å². The fraction of sp³-hybridized carbons (Fsp3) is 0.471. The minimum atomic E-state index is -0.0484. The molecule has 1 aromatic carbocycles. The molecule has 2 aromatic rings. The molecule has 0 saturated carbocycles. The van der Waals surface area contributed by atoms with Crippen LogP contribution in [0.5, 0.6) is 5.75 Å². The second-order valence-electron chi connectivity index (χ2n) is 13.5. The summed E-state index contributed by atoms with van der Waals surface area (Å²) in [7, 11) is 7.94. The number of carbonyl (C=O) groups is 1. The van der Waals surface area contributed by atoms with Crippen LogP contribution in [0.2, 0.25) is 0 Å². The quantitative estimate of drug-likeness (QED) is 0.413. The predicted molar refractivity (Wildman–Crippen MR) is 172 cm³/mol. The molecule has 3 heterocycles. The second-order valence-corrected chi connectivity index (χ2v) is 13.5. The molecule has 0 bridgehead atoms. The molecule has 0 unspecified atom stereocenters. The van der Waals surface area contributed by atoms with Gasteiger partial charge in [-0.15, -0.1) is 0 Å². The van der Waals surface area contributed by atoms with Crippen molar-refractivity contribution in [3.63, 3.8) is 0 Å². The Kier molecular flexibility index (Phi) is 8.88. The predicted octanol–water partition coefficient (Wildman–Crippen LogP) is 5.57. The molecule has 6 nitrogen and oxygen atoms in total. The van der Waals surface area contributed by atoms with Crippen molar-refractivity contribution in [3.8, 4) is 5.75 Å². The molecule has 2 aliphatic heterocycles. The second kappa shape index (κ2) is 11.9. The SMILES string of the molecule is COc1c(C=CC2=[N+]3[B]n4c(ccc4CCC(=O)NCCN(C)C)C=C3C(C)=C2)cc(C(C)(C)C)cc1C(C)(C)C. The first-order chi connectivity index (χ1) is 19.2. The molecule has 4 rings (SSSR count). The number of methoxy groups -OCH3 is 1. The summed E-state index contributed by atoms with van der Waals surface area (Å²) < 4.78 is 10.4. The lowest BCUT2D eigenvalue weighted by Gasteiger charge is -2.28. The van der Waals surface area contributed by atoms with Gasteiger partial charge in [-0.1, -0.05) is 47.6 Å². The Morgan fingerprint density at radius 3 is 2.44 bits per heavy atom. The van der Waals surface area contributed by atoms with Crippen LogP contribution in [-0.4, -0.2) is 67.3 Å². The number of allylic oxidation sites excluding steroid dienone is 3. The smallest absolute Gasteiger partial charge is 0.496 e. The van der Waals surface area contributed by atoms with Crippen molar-refractivity contribution in [2.24, 2.45) is 0 Å². The Bertz CT molecular complexity index is 1440. The molecule has 0 spiro atoms. The summed E-state index contributed by atoms with van der Waals surface area (Å²) in [5.41, 5.74) is 9.32. The highest BCUT2D eigenvalue weighted by atomic mass is 16.5. The summed E-state index contributed by atoms with van der Waals surface area (Å²) in [6.45, 7) is 17.1. The van der Waals surface area contributed by atoms with Gasteiger partial charge in [-0.05, 0) is 68.1 Å². The minimum absolute atomic E-state index is 0.0207. The number of rotatable bonds is 9. The normalized spacial score (nSPS) is 15.1. The summed E-state index contributed by atoms with van der Waals surface area (Å²) >= 11 is 0. The molecule has 41 heavy (non-hydrogen) atoms. The van der Waals surface area contributed by atoms with E-state index in [1.165, 1.54) is 22.4 Å². The van der Waals surface area contributed by atoms with Crippen LogP contribution < -0.4 is 10.1 Å². The van der Waals surface area contributed by atoms with E-state index in [4.69, 9.17) is 4.74 Å². The average Bonchev–Trinajstić information content (AvgIpc) is 3.42. The summed E-state index contributed by atoms with van der Waals surface area (Å²) in [5.74, 6) is 1.02. The molecule has 1 amide bonds. The van der Waals surface area contributed by atoms with Crippen molar-refractivity contribution in [3.05, 3.63) is 75.8 Å². The Labute approximate surface area is 247 Å². The van der Waals surface area contributed by atoms with Crippen LogP contribution in [0.15, 0.2) is 47.7 Å². The topological polar surface area (TPSA) is 49.5 Å². The highest BCUT2D eigenvalue weighted by Gasteiger charge is 2.35. The van der Waals surface area contributed by atoms with Crippen molar-refractivity contribution in [1.29, 1.82) is 0 Å². The Morgan fingerprint density at radius 1 is 1.07 bits per heavy atom. The van der Waals surface area contributed by atoms with Crippen LogP contribution in [0, 0.1) is 0 Å². The molecule has 0 fully saturated rings. The standard InChI is InChI=1S/C34H47BN4O2/c1-23-19-27(12-11-24-20-25(33(2,3)4)21-29(32(24)41-10)34(5,6)7)39-30(23)22-28-14-13-26(38(28)35-39)15-16-31(40)36-17-18-37(8)9/h11-14,19-22H,15-18H2,1-10H3,(H,36,40)/q+1. The molecule has 1 radical (unpaired) electrons. The maximum atomic E-state index is 12.4. The zero-order chi connectivity index (χ0) is 30.1. The highest BCUT2D eigenvalue weighted by Crippen LogP contribution is 2.39. The van der Waals surface area contributed by atoms with E-state index in [-0.39, 0.29) is 16.7 Å². The van der Waals surface area contributed by atoms with Gasteiger partial charge in [0.15, 0.2) is 11.4 Å². The van der Waals surface area contributed by atoms with Gasteiger partial charge < -0.3 is 19.4 Å².